The molecule has 0 rings (SSSR count). The molecule has 4 nitrogen and oxygen atoms in total. The first kappa shape index (κ1) is 12.1. The van der Waals surface area contributed by atoms with Gasteiger partial charge in [0.1, 0.15) is 0 Å². The first-order valence-corrected chi connectivity index (χ1v) is 4.40. The monoisotopic (exact) mass is 216 g/mol. The summed E-state index contributed by atoms with van der Waals surface area (Å²) in [6.45, 7) is 3.63. The third-order valence-corrected chi connectivity index (χ3v) is 1.30. The summed E-state index contributed by atoms with van der Waals surface area (Å²) in [7, 11) is 0. The number of nitrogens with two attached hydrogens (primary N) is 2. The zero-order valence-corrected chi connectivity index (χ0v) is 9.21. The van der Waals surface area contributed by atoms with Crippen LogP contribution in [0.15, 0.2) is 9.98 Å². The molecule has 0 aromatic heterocycles. The summed E-state index contributed by atoms with van der Waals surface area (Å²) >= 11 is 9.22. The Morgan fingerprint density at radius 2 is 1.31 bits per heavy atom. The zero-order chi connectivity index (χ0) is 10.4. The molecule has 13 heavy (non-hydrogen) atoms. The number of hydrogen-bond acceptors (Lipinski definition) is 2. The summed E-state index contributed by atoms with van der Waals surface area (Å²) in [5, 5.41) is 0.251. The topological polar surface area (TPSA) is 76.8 Å². The maximum absolute atomic E-state index is 5.22. The van der Waals surface area contributed by atoms with E-state index < -0.39 is 0 Å². The van der Waals surface area contributed by atoms with E-state index in [0.717, 1.165) is 11.4 Å². The molecule has 0 unspecified atom stereocenters. The Morgan fingerprint density at radius 1 is 1.00 bits per heavy atom. The van der Waals surface area contributed by atoms with Gasteiger partial charge >= 0.3 is 0 Å². The van der Waals surface area contributed by atoms with Gasteiger partial charge in [0.25, 0.3) is 0 Å². The van der Waals surface area contributed by atoms with Crippen molar-refractivity contribution in [1.29, 1.82) is 0 Å². The van der Waals surface area contributed by atoms with Gasteiger partial charge in [-0.05, 0) is 38.3 Å². The molecule has 0 spiro atoms. The van der Waals surface area contributed by atoms with Gasteiger partial charge in [-0.2, -0.15) is 0 Å². The zero-order valence-electron chi connectivity index (χ0n) is 7.57. The Morgan fingerprint density at radius 3 is 1.54 bits per heavy atom. The summed E-state index contributed by atoms with van der Waals surface area (Å²) in [6, 6.07) is 0. The minimum atomic E-state index is 0.126. The summed E-state index contributed by atoms with van der Waals surface area (Å²) in [6.07, 6.45) is 0.578. The minimum Gasteiger partial charge on any atom is -0.374 e. The Kier molecular flexibility index (Phi) is 5.33. The second kappa shape index (κ2) is 5.71. The van der Waals surface area contributed by atoms with Crippen LogP contribution in [-0.4, -0.2) is 21.6 Å². The van der Waals surface area contributed by atoms with Crippen LogP contribution in [0.2, 0.25) is 0 Å². The Hall–Kier alpha value is -0.880. The molecule has 0 aliphatic carbocycles. The lowest BCUT2D eigenvalue weighted by molar-refractivity contribution is 1.41. The van der Waals surface area contributed by atoms with Crippen LogP contribution in [-0.2, 0) is 0 Å². The highest BCUT2D eigenvalue weighted by atomic mass is 32.1. The van der Waals surface area contributed by atoms with Crippen LogP contribution in [0.25, 0.3) is 0 Å². The van der Waals surface area contributed by atoms with Gasteiger partial charge in [0, 0.05) is 17.8 Å². The predicted octanol–water partition coefficient (Wildman–Crippen LogP) is 0.786. The fraction of sp³-hybridized carbons (Fsp3) is 0.429. The Balaban J connectivity index is 4.29. The van der Waals surface area contributed by atoms with E-state index in [-0.39, 0.29) is 10.2 Å². The summed E-state index contributed by atoms with van der Waals surface area (Å²) in [5.41, 5.74) is 12.0. The van der Waals surface area contributed by atoms with Crippen molar-refractivity contribution >= 4 is 46.1 Å². The maximum atomic E-state index is 5.22. The van der Waals surface area contributed by atoms with Gasteiger partial charge in [0.05, 0.1) is 0 Å². The van der Waals surface area contributed by atoms with Crippen molar-refractivity contribution in [2.24, 2.45) is 21.5 Å². The van der Waals surface area contributed by atoms with E-state index in [1.165, 1.54) is 0 Å². The van der Waals surface area contributed by atoms with Gasteiger partial charge in [0.15, 0.2) is 10.2 Å². The number of thiocarbonyl (C=S) groups is 2. The Labute approximate surface area is 88.1 Å². The summed E-state index contributed by atoms with van der Waals surface area (Å²) in [5.74, 6) is 0. The average Bonchev–Trinajstić information content (AvgIpc) is 1.80. The predicted molar refractivity (Wildman–Crippen MR) is 64.4 cm³/mol. The third-order valence-electron chi connectivity index (χ3n) is 1.11. The van der Waals surface area contributed by atoms with Crippen LogP contribution in [0.1, 0.15) is 20.3 Å². The van der Waals surface area contributed by atoms with Crippen LogP contribution in [0.3, 0.4) is 0 Å². The largest absolute Gasteiger partial charge is 0.374 e. The molecule has 4 N–H and O–H groups in total. The lowest BCUT2D eigenvalue weighted by Crippen LogP contribution is -2.12. The van der Waals surface area contributed by atoms with Gasteiger partial charge in [-0.15, -0.1) is 0 Å². The van der Waals surface area contributed by atoms with Gasteiger partial charge in [-0.25, -0.2) is 9.98 Å². The number of nitrogens with zero attached hydrogens (tertiary/aromatic N) is 2. The van der Waals surface area contributed by atoms with Crippen LogP contribution in [0.5, 0.6) is 0 Å². The molecule has 0 fully saturated rings. The summed E-state index contributed by atoms with van der Waals surface area (Å²) < 4.78 is 0. The second-order valence-electron chi connectivity index (χ2n) is 2.55. The molecular formula is C7H12N4S2. The smallest absolute Gasteiger partial charge is 0.189 e. The van der Waals surface area contributed by atoms with Crippen molar-refractivity contribution in [3.05, 3.63) is 0 Å². The van der Waals surface area contributed by atoms with Crippen LogP contribution >= 0.6 is 24.4 Å². The van der Waals surface area contributed by atoms with Gasteiger partial charge in [-0.3, -0.25) is 0 Å². The van der Waals surface area contributed by atoms with Crippen molar-refractivity contribution in [2.45, 2.75) is 20.3 Å². The minimum absolute atomic E-state index is 0.126. The Bertz CT molecular complexity index is 252. The lowest BCUT2D eigenvalue weighted by atomic mass is 10.2. The van der Waals surface area contributed by atoms with E-state index in [0.29, 0.717) is 6.42 Å². The van der Waals surface area contributed by atoms with Gasteiger partial charge in [-0.1, -0.05) is 0 Å². The number of aliphatic imine (C=N–C) groups is 2. The first-order chi connectivity index (χ1) is 5.91. The molecule has 0 saturated carbocycles. The molecule has 0 aliphatic rings. The van der Waals surface area contributed by atoms with Crippen LogP contribution < -0.4 is 11.5 Å². The molecule has 0 saturated heterocycles. The first-order valence-electron chi connectivity index (χ1n) is 3.59. The van der Waals surface area contributed by atoms with Crippen molar-refractivity contribution < 1.29 is 0 Å². The average molecular weight is 216 g/mol. The van der Waals surface area contributed by atoms with Gasteiger partial charge in [0.2, 0.25) is 0 Å². The second-order valence-corrected chi connectivity index (χ2v) is 3.38. The molecule has 72 valence electrons. The molecule has 0 bridgehead atoms. The third kappa shape index (κ3) is 7.48. The molecule has 0 heterocycles. The standard InChI is InChI=1S/C7H12N4S2/c1-4(10-6(8)12)3-5(2)11-7(9)13/h3H2,1-2H3,(H2,8,12)(H2,9,13). The van der Waals surface area contributed by atoms with E-state index in [1.54, 1.807) is 0 Å². The number of rotatable bonds is 2. The molecule has 0 aromatic rings. The molecule has 0 amide bonds. The van der Waals surface area contributed by atoms with Gasteiger partial charge < -0.3 is 11.5 Å². The van der Waals surface area contributed by atoms with E-state index in [1.807, 2.05) is 13.8 Å². The van der Waals surface area contributed by atoms with E-state index in [9.17, 15) is 0 Å². The maximum Gasteiger partial charge on any atom is 0.189 e. The van der Waals surface area contributed by atoms with E-state index in [2.05, 4.69) is 34.4 Å². The van der Waals surface area contributed by atoms with E-state index in [4.69, 9.17) is 11.5 Å². The van der Waals surface area contributed by atoms with Crippen LogP contribution in [0.4, 0.5) is 0 Å². The molecule has 0 aromatic carbocycles. The number of hydrogen-bond donors (Lipinski definition) is 2. The molecule has 0 radical (unpaired) electrons. The highest BCUT2D eigenvalue weighted by Crippen LogP contribution is 1.91. The lowest BCUT2D eigenvalue weighted by Gasteiger charge is -1.99. The normalized spacial score (nSPS) is 12.8. The van der Waals surface area contributed by atoms with Crippen LogP contribution in [0, 0.1) is 0 Å². The van der Waals surface area contributed by atoms with Crippen molar-refractivity contribution in [3.63, 3.8) is 0 Å². The SMILES string of the molecule is CC(CC(C)=NC(N)=S)=NC(N)=S. The van der Waals surface area contributed by atoms with Crippen molar-refractivity contribution in [2.75, 3.05) is 0 Å². The quantitative estimate of drug-likeness (QED) is 0.528. The fourth-order valence-corrected chi connectivity index (χ4v) is 1.14. The fourth-order valence-electron chi connectivity index (χ4n) is 0.826. The van der Waals surface area contributed by atoms with Crippen molar-refractivity contribution in [3.8, 4) is 0 Å². The highest BCUT2D eigenvalue weighted by molar-refractivity contribution is 7.80. The summed E-state index contributed by atoms with van der Waals surface area (Å²) in [4.78, 5) is 7.77. The van der Waals surface area contributed by atoms with E-state index >= 15 is 0 Å². The molecule has 6 heteroatoms. The highest BCUT2D eigenvalue weighted by Gasteiger charge is 1.96. The van der Waals surface area contributed by atoms with Crippen molar-refractivity contribution in [1.82, 2.24) is 0 Å². The molecular weight excluding hydrogens is 204 g/mol. The molecule has 0 atom stereocenters. The molecule has 0 aliphatic heterocycles.